The molecule has 0 saturated carbocycles. The smallest absolute Gasteiger partial charge is 0.325 e. The molecule has 0 saturated heterocycles. The minimum absolute atomic E-state index is 0.00372. The lowest BCUT2D eigenvalue weighted by Gasteiger charge is -2.11. The Bertz CT molecular complexity index is 1090. The fourth-order valence-electron chi connectivity index (χ4n) is 2.57. The number of fused-ring (bicyclic) bond motifs is 1. The van der Waals surface area contributed by atoms with Gasteiger partial charge in [0.1, 0.15) is 34.3 Å². The number of carboxylic acids is 1. The number of phenolic OH excluding ortho intramolecular Hbond substituents is 1. The molecule has 1 atom stereocenters. The Kier molecular flexibility index (Phi) is 5.30. The van der Waals surface area contributed by atoms with Crippen LogP contribution in [-0.4, -0.2) is 34.7 Å². The summed E-state index contributed by atoms with van der Waals surface area (Å²) in [6.07, 6.45) is 0. The molecule has 144 valence electrons. The van der Waals surface area contributed by atoms with Gasteiger partial charge in [0.25, 0.3) is 5.91 Å². The van der Waals surface area contributed by atoms with Crippen LogP contribution in [-0.2, 0) is 9.59 Å². The highest BCUT2D eigenvalue weighted by molar-refractivity contribution is 5.87. The van der Waals surface area contributed by atoms with Crippen LogP contribution in [0.4, 0.5) is 0 Å². The van der Waals surface area contributed by atoms with Crippen molar-refractivity contribution >= 4 is 22.8 Å². The van der Waals surface area contributed by atoms with Crippen molar-refractivity contribution in [1.29, 1.82) is 0 Å². The first-order valence-electron chi connectivity index (χ1n) is 8.36. The molecule has 1 heterocycles. The van der Waals surface area contributed by atoms with Crippen molar-refractivity contribution in [1.82, 2.24) is 5.32 Å². The van der Waals surface area contributed by atoms with Crippen LogP contribution in [0.5, 0.6) is 11.5 Å². The van der Waals surface area contributed by atoms with Crippen LogP contribution in [0.25, 0.3) is 22.3 Å². The monoisotopic (exact) mass is 383 g/mol. The molecule has 0 aliphatic heterocycles. The average Bonchev–Trinajstić information content (AvgIpc) is 2.66. The van der Waals surface area contributed by atoms with Crippen LogP contribution in [0.3, 0.4) is 0 Å². The van der Waals surface area contributed by atoms with Gasteiger partial charge in [0.2, 0.25) is 0 Å². The summed E-state index contributed by atoms with van der Waals surface area (Å²) >= 11 is 0. The number of carbonyl (C=O) groups excluding carboxylic acids is 1. The Morgan fingerprint density at radius 2 is 1.89 bits per heavy atom. The maximum atomic E-state index is 12.4. The van der Waals surface area contributed by atoms with Crippen molar-refractivity contribution in [3.63, 3.8) is 0 Å². The number of phenols is 1. The SMILES string of the molecule is C[C@H](NC(=O)COc1cc(O)c2c(=O)cc(-c3ccccc3)oc2c1)C(=O)O. The number of ether oxygens (including phenoxy) is 1. The Labute approximate surface area is 159 Å². The Morgan fingerprint density at radius 1 is 1.18 bits per heavy atom. The zero-order valence-electron chi connectivity index (χ0n) is 14.8. The number of carbonyl (C=O) groups is 2. The number of nitrogens with one attached hydrogen (secondary N) is 1. The number of aromatic hydroxyl groups is 1. The molecule has 1 aromatic heterocycles. The summed E-state index contributed by atoms with van der Waals surface area (Å²) in [5, 5.41) is 21.2. The van der Waals surface area contributed by atoms with Crippen LogP contribution in [0, 0.1) is 0 Å². The first-order chi connectivity index (χ1) is 13.3. The lowest BCUT2D eigenvalue weighted by atomic mass is 10.1. The van der Waals surface area contributed by atoms with Gasteiger partial charge in [-0.3, -0.25) is 14.4 Å². The molecular formula is C20H17NO7. The normalized spacial score (nSPS) is 11.8. The van der Waals surface area contributed by atoms with Gasteiger partial charge in [-0.25, -0.2) is 0 Å². The van der Waals surface area contributed by atoms with Gasteiger partial charge in [-0.05, 0) is 6.92 Å². The maximum Gasteiger partial charge on any atom is 0.325 e. The fourth-order valence-corrected chi connectivity index (χ4v) is 2.57. The van der Waals surface area contributed by atoms with Crippen molar-refractivity contribution < 1.29 is 29.0 Å². The molecule has 8 heteroatoms. The largest absolute Gasteiger partial charge is 0.507 e. The van der Waals surface area contributed by atoms with E-state index in [1.807, 2.05) is 6.07 Å². The molecule has 28 heavy (non-hydrogen) atoms. The van der Waals surface area contributed by atoms with Crippen LogP contribution in [0.15, 0.2) is 57.7 Å². The van der Waals surface area contributed by atoms with E-state index in [1.54, 1.807) is 24.3 Å². The molecular weight excluding hydrogens is 366 g/mol. The van der Waals surface area contributed by atoms with Gasteiger partial charge >= 0.3 is 5.97 Å². The van der Waals surface area contributed by atoms with E-state index >= 15 is 0 Å². The number of amides is 1. The molecule has 0 aliphatic carbocycles. The molecule has 3 rings (SSSR count). The molecule has 0 fully saturated rings. The predicted octanol–water partition coefficient (Wildman–Crippen LogP) is 2.13. The summed E-state index contributed by atoms with van der Waals surface area (Å²) in [5.74, 6) is -1.75. The second-order valence-electron chi connectivity index (χ2n) is 6.07. The van der Waals surface area contributed by atoms with E-state index in [1.165, 1.54) is 25.1 Å². The highest BCUT2D eigenvalue weighted by atomic mass is 16.5. The van der Waals surface area contributed by atoms with Crippen molar-refractivity contribution in [2.24, 2.45) is 0 Å². The van der Waals surface area contributed by atoms with Crippen LogP contribution >= 0.6 is 0 Å². The molecule has 2 aromatic carbocycles. The van der Waals surface area contributed by atoms with E-state index in [0.29, 0.717) is 11.3 Å². The number of hydrogen-bond donors (Lipinski definition) is 3. The summed E-state index contributed by atoms with van der Waals surface area (Å²) in [6.45, 7) is 0.854. The van der Waals surface area contributed by atoms with Crippen LogP contribution in [0.2, 0.25) is 0 Å². The Hall–Kier alpha value is -3.81. The molecule has 1 amide bonds. The Morgan fingerprint density at radius 3 is 2.57 bits per heavy atom. The third-order valence-corrected chi connectivity index (χ3v) is 3.96. The maximum absolute atomic E-state index is 12.4. The second-order valence-corrected chi connectivity index (χ2v) is 6.07. The van der Waals surface area contributed by atoms with Crippen LogP contribution < -0.4 is 15.5 Å². The molecule has 0 spiro atoms. The number of benzene rings is 2. The zero-order valence-corrected chi connectivity index (χ0v) is 14.8. The molecule has 3 N–H and O–H groups in total. The number of hydrogen-bond acceptors (Lipinski definition) is 6. The lowest BCUT2D eigenvalue weighted by Crippen LogP contribution is -2.40. The van der Waals surface area contributed by atoms with Gasteiger partial charge in [0, 0.05) is 23.8 Å². The van der Waals surface area contributed by atoms with Crippen LogP contribution in [0.1, 0.15) is 6.92 Å². The summed E-state index contributed by atoms with van der Waals surface area (Å²) in [5.41, 5.74) is 0.368. The van der Waals surface area contributed by atoms with E-state index in [4.69, 9.17) is 14.3 Å². The quantitative estimate of drug-likeness (QED) is 0.595. The van der Waals surface area contributed by atoms with Gasteiger partial charge < -0.3 is 24.7 Å². The molecule has 0 bridgehead atoms. The zero-order chi connectivity index (χ0) is 20.3. The topological polar surface area (TPSA) is 126 Å². The van der Waals surface area contributed by atoms with E-state index in [2.05, 4.69) is 5.32 Å². The predicted molar refractivity (Wildman–Crippen MR) is 100 cm³/mol. The summed E-state index contributed by atoms with van der Waals surface area (Å²) in [7, 11) is 0. The molecule has 0 radical (unpaired) electrons. The fraction of sp³-hybridized carbons (Fsp3) is 0.150. The molecule has 0 aliphatic rings. The molecule has 3 aromatic rings. The standard InChI is InChI=1S/C20H17NO7/c1-11(20(25)26)21-18(24)10-27-13-7-14(22)19-15(23)9-16(28-17(19)8-13)12-5-3-2-4-6-12/h2-9,11,22H,10H2,1H3,(H,21,24)(H,25,26)/t11-/m0/s1. The van der Waals surface area contributed by atoms with Crippen molar-refractivity contribution in [3.8, 4) is 22.8 Å². The average molecular weight is 383 g/mol. The third-order valence-electron chi connectivity index (χ3n) is 3.96. The number of aliphatic carboxylic acids is 1. The van der Waals surface area contributed by atoms with E-state index < -0.39 is 30.0 Å². The van der Waals surface area contributed by atoms with E-state index in [0.717, 1.165) is 0 Å². The summed E-state index contributed by atoms with van der Waals surface area (Å²) in [4.78, 5) is 34.9. The highest BCUT2D eigenvalue weighted by Crippen LogP contribution is 2.31. The molecule has 0 unspecified atom stereocenters. The second kappa shape index (κ2) is 7.83. The van der Waals surface area contributed by atoms with Crippen molar-refractivity contribution in [3.05, 3.63) is 58.8 Å². The first-order valence-corrected chi connectivity index (χ1v) is 8.36. The van der Waals surface area contributed by atoms with Crippen molar-refractivity contribution in [2.45, 2.75) is 13.0 Å². The summed E-state index contributed by atoms with van der Waals surface area (Å²) < 4.78 is 11.0. The number of carboxylic acid groups (broad SMARTS) is 1. The highest BCUT2D eigenvalue weighted by Gasteiger charge is 2.16. The van der Waals surface area contributed by atoms with Gasteiger partial charge in [-0.1, -0.05) is 30.3 Å². The summed E-state index contributed by atoms with van der Waals surface area (Å²) in [6, 6.07) is 11.8. The van der Waals surface area contributed by atoms with E-state index in [9.17, 15) is 19.5 Å². The van der Waals surface area contributed by atoms with Crippen molar-refractivity contribution in [2.75, 3.05) is 6.61 Å². The van der Waals surface area contributed by atoms with Gasteiger partial charge in [0.05, 0.1) is 0 Å². The minimum Gasteiger partial charge on any atom is -0.507 e. The minimum atomic E-state index is -1.17. The number of rotatable bonds is 6. The lowest BCUT2D eigenvalue weighted by molar-refractivity contribution is -0.141. The Balaban J connectivity index is 1.88. The molecule has 8 nitrogen and oxygen atoms in total. The third kappa shape index (κ3) is 4.12. The van der Waals surface area contributed by atoms with Gasteiger partial charge in [-0.15, -0.1) is 0 Å². The first kappa shape index (κ1) is 19.0. The van der Waals surface area contributed by atoms with E-state index in [-0.39, 0.29) is 22.5 Å². The van der Waals surface area contributed by atoms with Gasteiger partial charge in [0.15, 0.2) is 12.0 Å². The van der Waals surface area contributed by atoms with Gasteiger partial charge in [-0.2, -0.15) is 0 Å².